The van der Waals surface area contributed by atoms with Gasteiger partial charge in [-0.3, -0.25) is 14.5 Å². The Kier molecular flexibility index (Phi) is 5.41. The van der Waals surface area contributed by atoms with E-state index < -0.39 is 18.2 Å². The molecule has 2 amide bonds. The first kappa shape index (κ1) is 20.5. The first-order chi connectivity index (χ1) is 15.0. The summed E-state index contributed by atoms with van der Waals surface area (Å²) in [5, 5.41) is 2.81. The van der Waals surface area contributed by atoms with Gasteiger partial charge >= 0.3 is 5.97 Å². The summed E-state index contributed by atoms with van der Waals surface area (Å²) in [6, 6.07) is 9.41. The molecule has 2 unspecified atom stereocenters. The van der Waals surface area contributed by atoms with Gasteiger partial charge in [0.25, 0.3) is 0 Å². The van der Waals surface area contributed by atoms with Crippen LogP contribution in [0.15, 0.2) is 36.4 Å². The summed E-state index contributed by atoms with van der Waals surface area (Å²) in [5.74, 6) is -0.0787. The number of benzene rings is 2. The van der Waals surface area contributed by atoms with Crippen LogP contribution in [0.5, 0.6) is 17.2 Å². The van der Waals surface area contributed by atoms with E-state index in [1.54, 1.807) is 36.4 Å². The van der Waals surface area contributed by atoms with Crippen LogP contribution in [0.2, 0.25) is 0 Å². The maximum atomic E-state index is 13.0. The summed E-state index contributed by atoms with van der Waals surface area (Å²) < 4.78 is 21.3. The van der Waals surface area contributed by atoms with Crippen molar-refractivity contribution in [2.24, 2.45) is 0 Å². The van der Waals surface area contributed by atoms with E-state index in [9.17, 15) is 14.4 Å². The highest BCUT2D eigenvalue weighted by Crippen LogP contribution is 2.45. The zero-order chi connectivity index (χ0) is 22.1. The van der Waals surface area contributed by atoms with E-state index in [4.69, 9.17) is 18.9 Å². The lowest BCUT2D eigenvalue weighted by molar-refractivity contribution is -0.144. The van der Waals surface area contributed by atoms with Crippen LogP contribution in [0.25, 0.3) is 0 Å². The van der Waals surface area contributed by atoms with Crippen LogP contribution in [-0.2, 0) is 14.3 Å². The molecule has 2 aliphatic rings. The third-order valence-corrected chi connectivity index (χ3v) is 5.41. The average Bonchev–Trinajstić information content (AvgIpc) is 3.32. The molecule has 9 nitrogen and oxygen atoms in total. The summed E-state index contributed by atoms with van der Waals surface area (Å²) >= 11 is 0. The van der Waals surface area contributed by atoms with Crippen molar-refractivity contribution >= 4 is 23.5 Å². The Bertz CT molecular complexity index is 1050. The molecule has 2 aromatic rings. The van der Waals surface area contributed by atoms with Crippen molar-refractivity contribution in [3.8, 4) is 17.2 Å². The molecule has 0 aliphatic carbocycles. The highest BCUT2D eigenvalue weighted by atomic mass is 16.6. The fourth-order valence-electron chi connectivity index (χ4n) is 3.97. The van der Waals surface area contributed by atoms with Gasteiger partial charge < -0.3 is 24.3 Å². The molecule has 0 saturated carbocycles. The van der Waals surface area contributed by atoms with E-state index in [1.807, 2.05) is 0 Å². The molecular formula is C22H22N2O7. The maximum Gasteiger partial charge on any atom is 0.344 e. The van der Waals surface area contributed by atoms with Crippen LogP contribution in [0.4, 0.5) is 5.69 Å². The van der Waals surface area contributed by atoms with Crippen molar-refractivity contribution in [3.63, 3.8) is 0 Å². The molecular weight excluding hydrogens is 404 g/mol. The number of rotatable bonds is 6. The normalized spacial score (nSPS) is 19.6. The number of carbonyl (C=O) groups is 3. The van der Waals surface area contributed by atoms with Crippen molar-refractivity contribution in [2.75, 3.05) is 26.6 Å². The molecule has 1 N–H and O–H groups in total. The van der Waals surface area contributed by atoms with Gasteiger partial charge in [-0.05, 0) is 30.7 Å². The Hall–Kier alpha value is -3.75. The molecule has 0 radical (unpaired) electrons. The second kappa shape index (κ2) is 8.17. The van der Waals surface area contributed by atoms with Gasteiger partial charge in [-0.25, -0.2) is 4.79 Å². The standard InChI is InChI=1S/C22H22N2O7/c1-28-13-6-4-5-12(11-13)23-20(26)15-8-10-17(25)24(15)21-14-7-9-16(29-2)19(30-3)18(14)22(27)31-21/h4-7,9,11,15,21H,8,10H2,1-3H3,(H,23,26). The first-order valence-corrected chi connectivity index (χ1v) is 9.70. The summed E-state index contributed by atoms with van der Waals surface area (Å²) in [6.07, 6.45) is -0.531. The molecule has 2 atom stereocenters. The van der Waals surface area contributed by atoms with Gasteiger partial charge in [0.2, 0.25) is 18.0 Å². The molecule has 4 rings (SSSR count). The van der Waals surface area contributed by atoms with E-state index in [0.29, 0.717) is 29.2 Å². The number of nitrogens with one attached hydrogen (secondary N) is 1. The zero-order valence-corrected chi connectivity index (χ0v) is 17.3. The third-order valence-electron chi connectivity index (χ3n) is 5.41. The molecule has 1 fully saturated rings. The minimum Gasteiger partial charge on any atom is -0.497 e. The van der Waals surface area contributed by atoms with Crippen molar-refractivity contribution in [1.82, 2.24) is 4.90 Å². The van der Waals surface area contributed by atoms with Gasteiger partial charge in [-0.1, -0.05) is 6.07 Å². The van der Waals surface area contributed by atoms with Crippen molar-refractivity contribution < 1.29 is 33.3 Å². The zero-order valence-electron chi connectivity index (χ0n) is 17.3. The van der Waals surface area contributed by atoms with E-state index in [0.717, 1.165) is 0 Å². The topological polar surface area (TPSA) is 103 Å². The minimum atomic E-state index is -1.02. The molecule has 2 aliphatic heterocycles. The van der Waals surface area contributed by atoms with Gasteiger partial charge in [-0.2, -0.15) is 0 Å². The summed E-state index contributed by atoms with van der Waals surface area (Å²) in [6.45, 7) is 0. The molecule has 0 bridgehead atoms. The quantitative estimate of drug-likeness (QED) is 0.708. The first-order valence-electron chi connectivity index (χ1n) is 9.70. The number of nitrogens with zero attached hydrogens (tertiary/aromatic N) is 1. The Morgan fingerprint density at radius 3 is 2.61 bits per heavy atom. The van der Waals surface area contributed by atoms with E-state index in [-0.39, 0.29) is 29.5 Å². The third kappa shape index (κ3) is 3.52. The Labute approximate surface area is 178 Å². The summed E-state index contributed by atoms with van der Waals surface area (Å²) in [5.41, 5.74) is 1.19. The molecule has 0 aromatic heterocycles. The Morgan fingerprint density at radius 1 is 1.10 bits per heavy atom. The van der Waals surface area contributed by atoms with Crippen molar-refractivity contribution in [3.05, 3.63) is 47.5 Å². The number of methoxy groups -OCH3 is 3. The van der Waals surface area contributed by atoms with Crippen molar-refractivity contribution in [1.29, 1.82) is 0 Å². The average molecular weight is 426 g/mol. The number of hydrogen-bond donors (Lipinski definition) is 1. The SMILES string of the molecule is COc1cccc(NC(=O)C2CCC(=O)N2C2OC(=O)c3c2ccc(OC)c3OC)c1. The number of likely N-dealkylation sites (tertiary alicyclic amines) is 1. The number of fused-ring (bicyclic) bond motifs is 1. The van der Waals surface area contributed by atoms with Gasteiger partial charge in [0.15, 0.2) is 11.5 Å². The largest absolute Gasteiger partial charge is 0.497 e. The smallest absolute Gasteiger partial charge is 0.344 e. The Morgan fingerprint density at radius 2 is 1.90 bits per heavy atom. The number of cyclic esters (lactones) is 1. The van der Waals surface area contributed by atoms with E-state index in [1.165, 1.54) is 26.2 Å². The van der Waals surface area contributed by atoms with E-state index >= 15 is 0 Å². The van der Waals surface area contributed by atoms with Crippen LogP contribution < -0.4 is 19.5 Å². The van der Waals surface area contributed by atoms with Gasteiger partial charge in [0, 0.05) is 23.7 Å². The molecule has 31 heavy (non-hydrogen) atoms. The fourth-order valence-corrected chi connectivity index (χ4v) is 3.97. The molecule has 0 spiro atoms. The second-order valence-corrected chi connectivity index (χ2v) is 7.10. The second-order valence-electron chi connectivity index (χ2n) is 7.10. The van der Waals surface area contributed by atoms with E-state index in [2.05, 4.69) is 5.32 Å². The van der Waals surface area contributed by atoms with Crippen LogP contribution in [0.3, 0.4) is 0 Å². The molecule has 2 aromatic carbocycles. The predicted octanol–water partition coefficient (Wildman–Crippen LogP) is 2.51. The van der Waals surface area contributed by atoms with Gasteiger partial charge in [-0.15, -0.1) is 0 Å². The number of anilines is 1. The van der Waals surface area contributed by atoms with Crippen LogP contribution in [-0.4, -0.2) is 50.1 Å². The minimum absolute atomic E-state index is 0.173. The number of carbonyl (C=O) groups excluding carboxylic acids is 3. The lowest BCUT2D eigenvalue weighted by Crippen LogP contribution is -2.43. The highest BCUT2D eigenvalue weighted by Gasteiger charge is 2.47. The van der Waals surface area contributed by atoms with Gasteiger partial charge in [0.05, 0.1) is 21.3 Å². The highest BCUT2D eigenvalue weighted by molar-refractivity contribution is 6.01. The number of amides is 2. The lowest BCUT2D eigenvalue weighted by atomic mass is 10.1. The predicted molar refractivity (Wildman–Crippen MR) is 109 cm³/mol. The van der Waals surface area contributed by atoms with Crippen LogP contribution in [0.1, 0.15) is 35.0 Å². The van der Waals surface area contributed by atoms with Gasteiger partial charge in [0.1, 0.15) is 17.4 Å². The number of ether oxygens (including phenoxy) is 4. The monoisotopic (exact) mass is 426 g/mol. The van der Waals surface area contributed by atoms with Crippen LogP contribution >= 0.6 is 0 Å². The molecule has 9 heteroatoms. The van der Waals surface area contributed by atoms with Crippen molar-refractivity contribution in [2.45, 2.75) is 25.1 Å². The lowest BCUT2D eigenvalue weighted by Gasteiger charge is -2.29. The Balaban J connectivity index is 1.64. The maximum absolute atomic E-state index is 13.0. The number of esters is 1. The summed E-state index contributed by atoms with van der Waals surface area (Å²) in [7, 11) is 4.42. The molecule has 1 saturated heterocycles. The molecule has 162 valence electrons. The molecule has 2 heterocycles. The number of hydrogen-bond acceptors (Lipinski definition) is 7. The fraction of sp³-hybridized carbons (Fsp3) is 0.318. The van der Waals surface area contributed by atoms with Crippen LogP contribution in [0, 0.1) is 0 Å². The summed E-state index contributed by atoms with van der Waals surface area (Å²) in [4.78, 5) is 39.7.